The molecule has 1 atom stereocenters. The van der Waals surface area contributed by atoms with Crippen molar-refractivity contribution in [1.82, 2.24) is 24.6 Å². The van der Waals surface area contributed by atoms with Gasteiger partial charge in [-0.3, -0.25) is 9.47 Å². The Morgan fingerprint density at radius 2 is 1.94 bits per heavy atom. The second-order valence-electron chi connectivity index (χ2n) is 7.84. The number of hydrogen-bond donors (Lipinski definition) is 0. The Morgan fingerprint density at radius 1 is 1.12 bits per heavy atom. The first-order chi connectivity index (χ1) is 15.7. The van der Waals surface area contributed by atoms with Crippen LogP contribution in [0.25, 0.3) is 16.5 Å². The number of piperidine rings is 1. The van der Waals surface area contributed by atoms with Crippen molar-refractivity contribution in [1.29, 1.82) is 0 Å². The Morgan fingerprint density at radius 3 is 2.69 bits per heavy atom. The number of thiophene rings is 1. The van der Waals surface area contributed by atoms with Gasteiger partial charge in [0.15, 0.2) is 11.0 Å². The third kappa shape index (κ3) is 4.51. The van der Waals surface area contributed by atoms with Crippen molar-refractivity contribution in [3.8, 4) is 16.5 Å². The standard InChI is InChI=1S/C23H24FN5OS2/c1-16(28-11-3-2-4-12-28)21-26-27-23(29(21)19-9-7-17(24)8-10-19)32-15-18-14-30-22(25-18)20-6-5-13-31-20/h5-10,13-14,16H,2-4,11-12,15H2,1H3/t16-/m1/s1. The van der Waals surface area contributed by atoms with Crippen molar-refractivity contribution in [3.05, 3.63) is 65.4 Å². The molecule has 0 radical (unpaired) electrons. The fraction of sp³-hybridized carbons (Fsp3) is 0.348. The zero-order valence-corrected chi connectivity index (χ0v) is 19.4. The summed E-state index contributed by atoms with van der Waals surface area (Å²) in [5.74, 6) is 1.85. The molecule has 166 valence electrons. The van der Waals surface area contributed by atoms with Gasteiger partial charge in [0, 0.05) is 11.4 Å². The highest BCUT2D eigenvalue weighted by Crippen LogP contribution is 2.31. The Bertz CT molecular complexity index is 1150. The van der Waals surface area contributed by atoms with Crippen LogP contribution >= 0.6 is 23.1 Å². The summed E-state index contributed by atoms with van der Waals surface area (Å²) in [6, 6.07) is 10.6. The Kier molecular flexibility index (Phi) is 6.38. The fourth-order valence-corrected chi connectivity index (χ4v) is 5.46. The van der Waals surface area contributed by atoms with Gasteiger partial charge in [0.2, 0.25) is 5.89 Å². The zero-order chi connectivity index (χ0) is 21.9. The maximum Gasteiger partial charge on any atom is 0.236 e. The van der Waals surface area contributed by atoms with E-state index in [0.29, 0.717) is 11.6 Å². The average molecular weight is 470 g/mol. The van der Waals surface area contributed by atoms with Gasteiger partial charge < -0.3 is 4.42 Å². The lowest BCUT2D eigenvalue weighted by Gasteiger charge is -2.31. The summed E-state index contributed by atoms with van der Waals surface area (Å²) in [5.41, 5.74) is 1.70. The number of likely N-dealkylation sites (tertiary alicyclic amines) is 1. The first-order valence-electron chi connectivity index (χ1n) is 10.8. The second-order valence-corrected chi connectivity index (χ2v) is 9.73. The number of halogens is 1. The third-order valence-electron chi connectivity index (χ3n) is 5.69. The van der Waals surface area contributed by atoms with E-state index in [9.17, 15) is 4.39 Å². The molecule has 1 aromatic carbocycles. The highest BCUT2D eigenvalue weighted by Gasteiger charge is 2.25. The SMILES string of the molecule is C[C@H](c1nnc(SCc2coc(-c3cccs3)n2)n1-c1ccc(F)cc1)N1CCCCC1. The summed E-state index contributed by atoms with van der Waals surface area (Å²) in [6.45, 7) is 4.30. The van der Waals surface area contributed by atoms with Gasteiger partial charge in [-0.05, 0) is 68.6 Å². The van der Waals surface area contributed by atoms with Gasteiger partial charge in [0.1, 0.15) is 12.1 Å². The van der Waals surface area contributed by atoms with Gasteiger partial charge in [-0.2, -0.15) is 0 Å². The number of oxazole rings is 1. The molecule has 4 aromatic rings. The molecule has 0 saturated carbocycles. The summed E-state index contributed by atoms with van der Waals surface area (Å²) >= 11 is 3.15. The molecule has 0 aliphatic carbocycles. The molecular weight excluding hydrogens is 445 g/mol. The molecular formula is C23H24FN5OS2. The van der Waals surface area contributed by atoms with Crippen LogP contribution in [0.4, 0.5) is 4.39 Å². The fourth-order valence-electron chi connectivity index (χ4n) is 3.97. The van der Waals surface area contributed by atoms with Gasteiger partial charge in [-0.25, -0.2) is 9.37 Å². The lowest BCUT2D eigenvalue weighted by Crippen LogP contribution is -2.33. The summed E-state index contributed by atoms with van der Waals surface area (Å²) in [5, 5.41) is 11.8. The van der Waals surface area contributed by atoms with E-state index in [2.05, 4.69) is 27.0 Å². The van der Waals surface area contributed by atoms with Crippen LogP contribution in [0.1, 0.15) is 43.7 Å². The Labute approximate surface area is 194 Å². The van der Waals surface area contributed by atoms with E-state index in [1.165, 1.54) is 31.4 Å². The number of benzene rings is 1. The molecule has 0 bridgehead atoms. The van der Waals surface area contributed by atoms with Crippen molar-refractivity contribution in [2.24, 2.45) is 0 Å². The number of aromatic nitrogens is 4. The minimum absolute atomic E-state index is 0.125. The van der Waals surface area contributed by atoms with Crippen molar-refractivity contribution >= 4 is 23.1 Å². The van der Waals surface area contributed by atoms with E-state index in [1.54, 1.807) is 41.5 Å². The topological polar surface area (TPSA) is 60.0 Å². The number of nitrogens with zero attached hydrogens (tertiary/aromatic N) is 5. The van der Waals surface area contributed by atoms with Gasteiger partial charge in [0.05, 0.1) is 16.6 Å². The van der Waals surface area contributed by atoms with E-state index in [0.717, 1.165) is 40.3 Å². The minimum atomic E-state index is -0.259. The molecule has 1 saturated heterocycles. The smallest absolute Gasteiger partial charge is 0.236 e. The first kappa shape index (κ1) is 21.4. The van der Waals surface area contributed by atoms with Crippen LogP contribution < -0.4 is 0 Å². The van der Waals surface area contributed by atoms with E-state index < -0.39 is 0 Å². The predicted octanol–water partition coefficient (Wildman–Crippen LogP) is 5.96. The molecule has 32 heavy (non-hydrogen) atoms. The van der Waals surface area contributed by atoms with E-state index in [4.69, 9.17) is 4.42 Å². The van der Waals surface area contributed by atoms with Crippen LogP contribution in [-0.2, 0) is 5.75 Å². The quantitative estimate of drug-likeness (QED) is 0.311. The molecule has 6 nitrogen and oxygen atoms in total. The second kappa shape index (κ2) is 9.56. The Balaban J connectivity index is 1.41. The van der Waals surface area contributed by atoms with Crippen molar-refractivity contribution in [3.63, 3.8) is 0 Å². The normalized spacial score (nSPS) is 15.8. The maximum atomic E-state index is 13.6. The summed E-state index contributed by atoms with van der Waals surface area (Å²) in [6.07, 6.45) is 5.38. The lowest BCUT2D eigenvalue weighted by atomic mass is 10.1. The number of rotatable bonds is 7. The van der Waals surface area contributed by atoms with Crippen LogP contribution in [0.3, 0.4) is 0 Å². The summed E-state index contributed by atoms with van der Waals surface area (Å²) in [7, 11) is 0. The van der Waals surface area contributed by atoms with Crippen molar-refractivity contribution < 1.29 is 8.81 Å². The van der Waals surface area contributed by atoms with Crippen LogP contribution in [0.2, 0.25) is 0 Å². The minimum Gasteiger partial charge on any atom is -0.444 e. The molecule has 1 aliphatic rings. The molecule has 5 rings (SSSR count). The largest absolute Gasteiger partial charge is 0.444 e. The summed E-state index contributed by atoms with van der Waals surface area (Å²) < 4.78 is 21.3. The molecule has 1 aliphatic heterocycles. The Hall–Kier alpha value is -2.49. The summed E-state index contributed by atoms with van der Waals surface area (Å²) in [4.78, 5) is 8.06. The molecule has 0 unspecified atom stereocenters. The molecule has 0 amide bonds. The van der Waals surface area contributed by atoms with E-state index in [1.807, 2.05) is 22.1 Å². The highest BCUT2D eigenvalue weighted by molar-refractivity contribution is 7.98. The number of thioether (sulfide) groups is 1. The lowest BCUT2D eigenvalue weighted by molar-refractivity contribution is 0.167. The predicted molar refractivity (Wildman–Crippen MR) is 125 cm³/mol. The molecule has 3 aromatic heterocycles. The van der Waals surface area contributed by atoms with Crippen LogP contribution in [-0.4, -0.2) is 37.7 Å². The third-order valence-corrected chi connectivity index (χ3v) is 7.51. The van der Waals surface area contributed by atoms with Gasteiger partial charge >= 0.3 is 0 Å². The van der Waals surface area contributed by atoms with E-state index >= 15 is 0 Å². The molecule has 4 heterocycles. The number of hydrogen-bond acceptors (Lipinski definition) is 7. The van der Waals surface area contributed by atoms with Crippen molar-refractivity contribution in [2.75, 3.05) is 13.1 Å². The van der Waals surface area contributed by atoms with Gasteiger partial charge in [-0.1, -0.05) is 24.2 Å². The average Bonchev–Trinajstić information content (AvgIpc) is 3.59. The van der Waals surface area contributed by atoms with Crippen molar-refractivity contribution in [2.45, 2.75) is 43.1 Å². The van der Waals surface area contributed by atoms with Gasteiger partial charge in [-0.15, -0.1) is 21.5 Å². The molecule has 0 spiro atoms. The zero-order valence-electron chi connectivity index (χ0n) is 17.8. The van der Waals surface area contributed by atoms with E-state index in [-0.39, 0.29) is 11.9 Å². The molecule has 1 fully saturated rings. The van der Waals surface area contributed by atoms with Gasteiger partial charge in [0.25, 0.3) is 0 Å². The highest BCUT2D eigenvalue weighted by atomic mass is 32.2. The van der Waals surface area contributed by atoms with Crippen LogP contribution in [0.5, 0.6) is 0 Å². The monoisotopic (exact) mass is 469 g/mol. The van der Waals surface area contributed by atoms with Crippen LogP contribution in [0, 0.1) is 5.82 Å². The first-order valence-corrected chi connectivity index (χ1v) is 12.6. The molecule has 0 N–H and O–H groups in total. The van der Waals surface area contributed by atoms with Crippen LogP contribution in [0.15, 0.2) is 57.6 Å². The molecule has 9 heteroatoms. The maximum absolute atomic E-state index is 13.6.